The molecule has 2 rings (SSSR count). The summed E-state index contributed by atoms with van der Waals surface area (Å²) in [5, 5.41) is 2.81. The van der Waals surface area contributed by atoms with Crippen molar-refractivity contribution in [2.45, 2.75) is 19.6 Å². The van der Waals surface area contributed by atoms with Gasteiger partial charge in [-0.3, -0.25) is 4.98 Å². The number of halogens is 3. The first-order valence-corrected chi connectivity index (χ1v) is 6.11. The molecule has 0 amide bonds. The number of hydrogen-bond donors (Lipinski definition) is 3. The van der Waals surface area contributed by atoms with Crippen molar-refractivity contribution in [3.8, 4) is 0 Å². The number of nitrogen functional groups attached to an aromatic ring is 1. The number of aryl methyl sites for hydroxylation is 1. The third kappa shape index (κ3) is 4.06. The quantitative estimate of drug-likeness (QED) is 0.597. The van der Waals surface area contributed by atoms with Gasteiger partial charge in [0.15, 0.2) is 0 Å². The minimum atomic E-state index is -4.47. The summed E-state index contributed by atoms with van der Waals surface area (Å²) in [5.41, 5.74) is 2.83. The topological polar surface area (TPSA) is 75.9 Å². The smallest absolute Gasteiger partial charge is 0.364 e. The van der Waals surface area contributed by atoms with E-state index in [1.54, 1.807) is 6.07 Å². The Balaban J connectivity index is 2.19. The van der Waals surface area contributed by atoms with Crippen molar-refractivity contribution >= 4 is 11.6 Å². The molecule has 0 spiro atoms. The maximum absolute atomic E-state index is 12.8. The van der Waals surface area contributed by atoms with Gasteiger partial charge in [0.1, 0.15) is 11.6 Å². The first kappa shape index (κ1) is 15.0. The number of hydrazine groups is 1. The zero-order chi connectivity index (χ0) is 15.5. The number of hydrogen-bond acceptors (Lipinski definition) is 5. The number of anilines is 2. The molecule has 0 aromatic carbocycles. The Bertz CT molecular complexity index is 627. The van der Waals surface area contributed by atoms with Crippen molar-refractivity contribution in [3.63, 3.8) is 0 Å². The normalized spacial score (nSPS) is 11.3. The van der Waals surface area contributed by atoms with Crippen LogP contribution in [-0.2, 0) is 12.7 Å². The van der Waals surface area contributed by atoms with Crippen molar-refractivity contribution in [2.75, 3.05) is 10.7 Å². The van der Waals surface area contributed by atoms with Gasteiger partial charge in [-0.05, 0) is 31.2 Å². The Labute approximate surface area is 119 Å². The molecule has 0 fully saturated rings. The van der Waals surface area contributed by atoms with E-state index in [0.29, 0.717) is 5.69 Å². The highest BCUT2D eigenvalue weighted by Crippen LogP contribution is 2.31. The molecule has 2 aromatic heterocycles. The Morgan fingerprint density at radius 2 is 1.86 bits per heavy atom. The molecule has 2 aromatic rings. The van der Waals surface area contributed by atoms with Crippen LogP contribution in [0.25, 0.3) is 0 Å². The number of nitrogens with zero attached hydrogens (tertiary/aromatic N) is 2. The fraction of sp³-hybridized carbons (Fsp3) is 0.231. The summed E-state index contributed by atoms with van der Waals surface area (Å²) in [7, 11) is 0. The molecule has 0 atom stereocenters. The van der Waals surface area contributed by atoms with Gasteiger partial charge in [-0.15, -0.1) is 0 Å². The number of nitrogens with two attached hydrogens (primary N) is 1. The molecule has 2 heterocycles. The van der Waals surface area contributed by atoms with Crippen molar-refractivity contribution in [3.05, 3.63) is 47.3 Å². The fourth-order valence-corrected chi connectivity index (χ4v) is 1.74. The maximum Gasteiger partial charge on any atom is 0.416 e. The van der Waals surface area contributed by atoms with Gasteiger partial charge in [-0.25, -0.2) is 10.8 Å². The minimum absolute atomic E-state index is 0.0653. The lowest BCUT2D eigenvalue weighted by Gasteiger charge is -2.12. The standard InChI is InChI=1S/C13H14F3N5/c1-8-3-2-4-10(19-8)7-18-11-5-9(13(14,15)16)6-12(20-11)21-17/h2-6H,7,17H2,1H3,(H2,18,20,21). The van der Waals surface area contributed by atoms with Gasteiger partial charge in [0.25, 0.3) is 0 Å². The van der Waals surface area contributed by atoms with Crippen LogP contribution < -0.4 is 16.6 Å². The van der Waals surface area contributed by atoms with Crippen molar-refractivity contribution in [1.82, 2.24) is 9.97 Å². The molecule has 112 valence electrons. The predicted molar refractivity (Wildman–Crippen MR) is 73.3 cm³/mol. The molecule has 0 aliphatic heterocycles. The van der Waals surface area contributed by atoms with Gasteiger partial charge in [-0.1, -0.05) is 6.07 Å². The van der Waals surface area contributed by atoms with E-state index in [1.165, 1.54) is 0 Å². The van der Waals surface area contributed by atoms with E-state index in [1.807, 2.05) is 19.1 Å². The molecule has 0 unspecified atom stereocenters. The molecule has 0 aliphatic rings. The molecule has 4 N–H and O–H groups in total. The van der Waals surface area contributed by atoms with E-state index in [2.05, 4.69) is 20.7 Å². The minimum Gasteiger partial charge on any atom is -0.364 e. The number of rotatable bonds is 4. The highest BCUT2D eigenvalue weighted by Gasteiger charge is 2.31. The summed E-state index contributed by atoms with van der Waals surface area (Å²) in [6, 6.07) is 7.21. The van der Waals surface area contributed by atoms with Crippen LogP contribution in [0.5, 0.6) is 0 Å². The van der Waals surface area contributed by atoms with Crippen molar-refractivity contribution < 1.29 is 13.2 Å². The number of alkyl halides is 3. The van der Waals surface area contributed by atoms with Crippen LogP contribution >= 0.6 is 0 Å². The van der Waals surface area contributed by atoms with Gasteiger partial charge >= 0.3 is 6.18 Å². The average Bonchev–Trinajstić information content (AvgIpc) is 2.44. The third-order valence-electron chi connectivity index (χ3n) is 2.70. The van der Waals surface area contributed by atoms with Crippen molar-refractivity contribution in [2.24, 2.45) is 5.84 Å². The van der Waals surface area contributed by atoms with E-state index in [4.69, 9.17) is 5.84 Å². The van der Waals surface area contributed by atoms with E-state index < -0.39 is 11.7 Å². The van der Waals surface area contributed by atoms with Crippen LogP contribution in [0.15, 0.2) is 30.3 Å². The molecule has 8 heteroatoms. The molecule has 0 saturated heterocycles. The molecule has 0 saturated carbocycles. The molecule has 21 heavy (non-hydrogen) atoms. The van der Waals surface area contributed by atoms with E-state index >= 15 is 0 Å². The van der Waals surface area contributed by atoms with E-state index in [-0.39, 0.29) is 18.2 Å². The van der Waals surface area contributed by atoms with Crippen LogP contribution in [0.4, 0.5) is 24.8 Å². The Morgan fingerprint density at radius 3 is 2.48 bits per heavy atom. The number of nitrogens with one attached hydrogen (secondary N) is 2. The van der Waals surface area contributed by atoms with Gasteiger partial charge in [0.05, 0.1) is 17.8 Å². The molecule has 5 nitrogen and oxygen atoms in total. The molecular weight excluding hydrogens is 283 g/mol. The van der Waals surface area contributed by atoms with Crippen LogP contribution in [-0.4, -0.2) is 9.97 Å². The Morgan fingerprint density at radius 1 is 1.14 bits per heavy atom. The number of pyridine rings is 2. The molecule has 0 bridgehead atoms. The third-order valence-corrected chi connectivity index (χ3v) is 2.70. The molecule has 0 aliphatic carbocycles. The SMILES string of the molecule is Cc1cccc(CNc2cc(C(F)(F)F)cc(NN)n2)n1. The van der Waals surface area contributed by atoms with Crippen LogP contribution in [0.1, 0.15) is 17.0 Å². The van der Waals surface area contributed by atoms with Crippen LogP contribution in [0, 0.1) is 6.92 Å². The first-order chi connectivity index (χ1) is 9.88. The fourth-order valence-electron chi connectivity index (χ4n) is 1.74. The zero-order valence-corrected chi connectivity index (χ0v) is 11.2. The second-order valence-electron chi connectivity index (χ2n) is 4.39. The summed E-state index contributed by atoms with van der Waals surface area (Å²) < 4.78 is 38.3. The van der Waals surface area contributed by atoms with Gasteiger partial charge in [0.2, 0.25) is 0 Å². The first-order valence-electron chi connectivity index (χ1n) is 6.11. The lowest BCUT2D eigenvalue weighted by Crippen LogP contribution is -2.14. The second kappa shape index (κ2) is 5.96. The van der Waals surface area contributed by atoms with Crippen LogP contribution in [0.3, 0.4) is 0 Å². The summed E-state index contributed by atoms with van der Waals surface area (Å²) >= 11 is 0. The molecule has 0 radical (unpaired) electrons. The van der Waals surface area contributed by atoms with Crippen LogP contribution in [0.2, 0.25) is 0 Å². The summed E-state index contributed by atoms with van der Waals surface area (Å²) in [4.78, 5) is 8.18. The molecular formula is C13H14F3N5. The maximum atomic E-state index is 12.8. The largest absolute Gasteiger partial charge is 0.416 e. The Kier molecular flexibility index (Phi) is 4.27. The lowest BCUT2D eigenvalue weighted by molar-refractivity contribution is -0.137. The predicted octanol–water partition coefficient (Wildman–Crippen LogP) is 2.70. The van der Waals surface area contributed by atoms with E-state index in [9.17, 15) is 13.2 Å². The summed E-state index contributed by atoms with van der Waals surface area (Å²) in [5.74, 6) is 5.14. The highest BCUT2D eigenvalue weighted by atomic mass is 19.4. The van der Waals surface area contributed by atoms with E-state index in [0.717, 1.165) is 17.8 Å². The van der Waals surface area contributed by atoms with Gasteiger partial charge in [-0.2, -0.15) is 13.2 Å². The monoisotopic (exact) mass is 297 g/mol. The average molecular weight is 297 g/mol. The van der Waals surface area contributed by atoms with Crippen molar-refractivity contribution in [1.29, 1.82) is 0 Å². The summed E-state index contributed by atoms with van der Waals surface area (Å²) in [6.45, 7) is 2.10. The van der Waals surface area contributed by atoms with Gasteiger partial charge in [0, 0.05) is 5.69 Å². The second-order valence-corrected chi connectivity index (χ2v) is 4.39. The summed E-state index contributed by atoms with van der Waals surface area (Å²) in [6.07, 6.45) is -4.47. The van der Waals surface area contributed by atoms with Gasteiger partial charge < -0.3 is 10.7 Å². The zero-order valence-electron chi connectivity index (χ0n) is 11.2. The lowest BCUT2D eigenvalue weighted by atomic mass is 10.2. The Hall–Kier alpha value is -2.35. The highest BCUT2D eigenvalue weighted by molar-refractivity contribution is 5.49. The number of aromatic nitrogens is 2.